The highest BCUT2D eigenvalue weighted by molar-refractivity contribution is 6.28. The van der Waals surface area contributed by atoms with Crippen LogP contribution in [0, 0.1) is 0 Å². The van der Waals surface area contributed by atoms with Crippen molar-refractivity contribution in [2.75, 3.05) is 21.3 Å². The van der Waals surface area contributed by atoms with Gasteiger partial charge in [-0.25, -0.2) is 0 Å². The lowest BCUT2D eigenvalue weighted by Gasteiger charge is -2.18. The maximum Gasteiger partial charge on any atom is 0.193 e. The first-order valence-corrected chi connectivity index (χ1v) is 6.21. The molecule has 0 aliphatic rings. The second-order valence-electron chi connectivity index (χ2n) is 3.97. The van der Waals surface area contributed by atoms with Gasteiger partial charge in [-0.15, -0.1) is 0 Å². The highest BCUT2D eigenvalue weighted by Gasteiger charge is 2.20. The molecule has 0 spiro atoms. The number of nitrogens with one attached hydrogen (secondary N) is 1. The average molecular weight is 282 g/mol. The zero-order valence-corrected chi connectivity index (χ0v) is 11.8. The van der Waals surface area contributed by atoms with Crippen LogP contribution in [0.3, 0.4) is 0 Å². The van der Waals surface area contributed by atoms with Crippen molar-refractivity contribution in [1.82, 2.24) is 5.32 Å². The van der Waals surface area contributed by atoms with Crippen LogP contribution in [0.15, 0.2) is 34.7 Å². The van der Waals surface area contributed by atoms with Gasteiger partial charge in [0, 0.05) is 5.56 Å². The topological polar surface area (TPSA) is 43.6 Å². The molecule has 102 valence electrons. The lowest BCUT2D eigenvalue weighted by atomic mass is 10.0. The summed E-state index contributed by atoms with van der Waals surface area (Å²) in [5.41, 5.74) is 0.926. The van der Waals surface area contributed by atoms with E-state index >= 15 is 0 Å². The molecule has 1 heterocycles. The first-order valence-electron chi connectivity index (χ1n) is 5.84. The zero-order chi connectivity index (χ0) is 13.8. The Balaban J connectivity index is 2.47. The van der Waals surface area contributed by atoms with Crippen LogP contribution in [0.4, 0.5) is 0 Å². The Kier molecular flexibility index (Phi) is 4.35. The smallest absolute Gasteiger partial charge is 0.193 e. The summed E-state index contributed by atoms with van der Waals surface area (Å²) in [6.45, 7) is 0. The summed E-state index contributed by atoms with van der Waals surface area (Å²) in [6.07, 6.45) is 0. The van der Waals surface area contributed by atoms with Crippen molar-refractivity contribution in [3.63, 3.8) is 0 Å². The molecule has 1 N–H and O–H groups in total. The monoisotopic (exact) mass is 281 g/mol. The molecule has 1 aromatic heterocycles. The molecule has 0 aliphatic carbocycles. The van der Waals surface area contributed by atoms with E-state index in [2.05, 4.69) is 5.32 Å². The summed E-state index contributed by atoms with van der Waals surface area (Å²) < 4.78 is 16.1. The lowest BCUT2D eigenvalue weighted by Crippen LogP contribution is -2.18. The number of hydrogen-bond acceptors (Lipinski definition) is 4. The van der Waals surface area contributed by atoms with Crippen molar-refractivity contribution in [2.24, 2.45) is 0 Å². The van der Waals surface area contributed by atoms with E-state index in [1.54, 1.807) is 20.3 Å². The van der Waals surface area contributed by atoms with Crippen LogP contribution in [-0.2, 0) is 0 Å². The van der Waals surface area contributed by atoms with Crippen molar-refractivity contribution in [2.45, 2.75) is 6.04 Å². The molecule has 0 bridgehead atoms. The fourth-order valence-corrected chi connectivity index (χ4v) is 2.15. The van der Waals surface area contributed by atoms with Gasteiger partial charge >= 0.3 is 0 Å². The van der Waals surface area contributed by atoms with Gasteiger partial charge in [0.1, 0.15) is 17.3 Å². The van der Waals surface area contributed by atoms with Crippen LogP contribution in [0.5, 0.6) is 11.5 Å². The highest BCUT2D eigenvalue weighted by atomic mass is 35.5. The zero-order valence-electron chi connectivity index (χ0n) is 11.1. The minimum atomic E-state index is -0.155. The number of rotatable bonds is 5. The van der Waals surface area contributed by atoms with Gasteiger partial charge < -0.3 is 19.2 Å². The van der Waals surface area contributed by atoms with Crippen LogP contribution in [0.25, 0.3) is 0 Å². The van der Waals surface area contributed by atoms with E-state index in [-0.39, 0.29) is 6.04 Å². The molecule has 1 unspecified atom stereocenters. The standard InChI is InChI=1S/C14H16ClNO3/c1-16-14(12-6-7-13(15)19-12)10-8-9(17-2)4-5-11(10)18-3/h4-8,14,16H,1-3H3. The van der Waals surface area contributed by atoms with E-state index in [1.807, 2.05) is 31.3 Å². The Morgan fingerprint density at radius 1 is 1.16 bits per heavy atom. The maximum atomic E-state index is 5.83. The Labute approximate surface area is 117 Å². The van der Waals surface area contributed by atoms with E-state index in [9.17, 15) is 0 Å². The maximum absolute atomic E-state index is 5.83. The summed E-state index contributed by atoms with van der Waals surface area (Å²) >= 11 is 5.83. The molecule has 0 saturated heterocycles. The van der Waals surface area contributed by atoms with Crippen LogP contribution >= 0.6 is 11.6 Å². The molecule has 0 saturated carbocycles. The molecule has 1 atom stereocenters. The molecule has 4 nitrogen and oxygen atoms in total. The molecular weight excluding hydrogens is 266 g/mol. The van der Waals surface area contributed by atoms with Gasteiger partial charge in [-0.1, -0.05) is 0 Å². The van der Waals surface area contributed by atoms with Gasteiger partial charge in [0.15, 0.2) is 5.22 Å². The molecular formula is C14H16ClNO3. The first-order chi connectivity index (χ1) is 9.19. The minimum absolute atomic E-state index is 0.155. The van der Waals surface area contributed by atoms with E-state index in [1.165, 1.54) is 0 Å². The predicted molar refractivity (Wildman–Crippen MR) is 74.2 cm³/mol. The molecule has 2 aromatic rings. The van der Waals surface area contributed by atoms with E-state index < -0.39 is 0 Å². The normalized spacial score (nSPS) is 12.2. The fraction of sp³-hybridized carbons (Fsp3) is 0.286. The molecule has 0 aliphatic heterocycles. The van der Waals surface area contributed by atoms with Crippen molar-refractivity contribution in [3.8, 4) is 11.5 Å². The summed E-state index contributed by atoms with van der Waals surface area (Å²) in [5.74, 6) is 2.24. The molecule has 2 rings (SSSR count). The second kappa shape index (κ2) is 5.99. The molecule has 0 amide bonds. The molecule has 19 heavy (non-hydrogen) atoms. The third-order valence-corrected chi connectivity index (χ3v) is 3.12. The number of ether oxygens (including phenoxy) is 2. The highest BCUT2D eigenvalue weighted by Crippen LogP contribution is 2.34. The third kappa shape index (κ3) is 2.85. The number of furan rings is 1. The van der Waals surface area contributed by atoms with Gasteiger partial charge in [0.05, 0.1) is 20.3 Å². The van der Waals surface area contributed by atoms with Crippen molar-refractivity contribution < 1.29 is 13.9 Å². The van der Waals surface area contributed by atoms with E-state index in [0.29, 0.717) is 5.22 Å². The van der Waals surface area contributed by atoms with E-state index in [4.69, 9.17) is 25.5 Å². The summed E-state index contributed by atoms with van der Waals surface area (Å²) in [7, 11) is 5.11. The lowest BCUT2D eigenvalue weighted by molar-refractivity contribution is 0.388. The number of methoxy groups -OCH3 is 2. The molecule has 0 radical (unpaired) electrons. The van der Waals surface area contributed by atoms with Gasteiger partial charge in [0.2, 0.25) is 0 Å². The average Bonchev–Trinajstić information content (AvgIpc) is 2.86. The van der Waals surface area contributed by atoms with Gasteiger partial charge in [-0.05, 0) is 49.0 Å². The van der Waals surface area contributed by atoms with Crippen LogP contribution in [-0.4, -0.2) is 21.3 Å². The van der Waals surface area contributed by atoms with Crippen molar-refractivity contribution >= 4 is 11.6 Å². The quantitative estimate of drug-likeness (QED) is 0.914. The van der Waals surface area contributed by atoms with Crippen LogP contribution in [0.2, 0.25) is 5.22 Å². The summed E-state index contributed by atoms with van der Waals surface area (Å²) in [4.78, 5) is 0. The van der Waals surface area contributed by atoms with E-state index in [0.717, 1.165) is 22.8 Å². The van der Waals surface area contributed by atoms with Crippen LogP contribution in [0.1, 0.15) is 17.4 Å². The Hall–Kier alpha value is -1.65. The van der Waals surface area contributed by atoms with Gasteiger partial charge in [0.25, 0.3) is 0 Å². The summed E-state index contributed by atoms with van der Waals surface area (Å²) in [5, 5.41) is 3.54. The van der Waals surface area contributed by atoms with Crippen molar-refractivity contribution in [3.05, 3.63) is 46.9 Å². The molecule has 1 aromatic carbocycles. The largest absolute Gasteiger partial charge is 0.497 e. The first kappa shape index (κ1) is 13.8. The number of hydrogen-bond donors (Lipinski definition) is 1. The number of halogens is 1. The second-order valence-corrected chi connectivity index (χ2v) is 4.34. The predicted octanol–water partition coefficient (Wildman–Crippen LogP) is 3.26. The summed E-state index contributed by atoms with van der Waals surface area (Å²) in [6, 6.07) is 9.03. The van der Waals surface area contributed by atoms with Gasteiger partial charge in [-0.2, -0.15) is 0 Å². The SMILES string of the molecule is CNC(c1ccc(Cl)o1)c1cc(OC)ccc1OC. The Morgan fingerprint density at radius 3 is 2.47 bits per heavy atom. The molecule has 0 fully saturated rings. The van der Waals surface area contributed by atoms with Gasteiger partial charge in [-0.3, -0.25) is 0 Å². The Bertz CT molecular complexity index is 553. The van der Waals surface area contributed by atoms with Crippen LogP contribution < -0.4 is 14.8 Å². The van der Waals surface area contributed by atoms with Crippen molar-refractivity contribution in [1.29, 1.82) is 0 Å². The fourth-order valence-electron chi connectivity index (χ4n) is 2.00. The third-order valence-electron chi connectivity index (χ3n) is 2.92. The minimum Gasteiger partial charge on any atom is -0.497 e. The molecule has 5 heteroatoms. The Morgan fingerprint density at radius 2 is 1.95 bits per heavy atom. The number of benzene rings is 1.